The molecule has 5 nitrogen and oxygen atoms in total. The molecule has 2 N–H and O–H groups in total. The largest absolute Gasteiger partial charge is 0.345 e. The topological polar surface area (TPSA) is 74.8 Å². The minimum atomic E-state index is -0.252. The first kappa shape index (κ1) is 20.8. The number of hydrogen-bond donors (Lipinski definition) is 2. The number of thiophene rings is 2. The van der Waals surface area contributed by atoms with E-state index in [0.29, 0.717) is 22.7 Å². The van der Waals surface area contributed by atoms with E-state index < -0.39 is 0 Å². The van der Waals surface area contributed by atoms with E-state index >= 15 is 0 Å². The Morgan fingerprint density at radius 1 is 1.20 bits per heavy atom. The highest BCUT2D eigenvalue weighted by Gasteiger charge is 2.18. The van der Waals surface area contributed by atoms with Crippen LogP contribution in [0.15, 0.2) is 45.9 Å². The molecule has 4 rings (SSSR count). The maximum absolute atomic E-state index is 12.7. The summed E-state index contributed by atoms with van der Waals surface area (Å²) in [5.41, 5.74) is 2.81. The third-order valence-corrected chi connectivity index (χ3v) is 7.12. The zero-order chi connectivity index (χ0) is 21.3. The number of halogens is 1. The van der Waals surface area contributed by atoms with E-state index in [4.69, 9.17) is 11.6 Å². The minimum absolute atomic E-state index is 0.109. The van der Waals surface area contributed by atoms with Gasteiger partial charge >= 0.3 is 0 Å². The van der Waals surface area contributed by atoms with Crippen molar-refractivity contribution in [2.45, 2.75) is 32.7 Å². The van der Waals surface area contributed by atoms with Crippen molar-refractivity contribution in [3.8, 4) is 0 Å². The Morgan fingerprint density at radius 2 is 1.97 bits per heavy atom. The van der Waals surface area contributed by atoms with Crippen molar-refractivity contribution in [1.29, 1.82) is 0 Å². The van der Waals surface area contributed by atoms with Gasteiger partial charge in [0.25, 0.3) is 5.56 Å². The zero-order valence-corrected chi connectivity index (χ0v) is 18.9. The summed E-state index contributed by atoms with van der Waals surface area (Å²) in [5, 5.41) is 8.40. The van der Waals surface area contributed by atoms with Gasteiger partial charge in [-0.2, -0.15) is 11.3 Å². The lowest BCUT2D eigenvalue weighted by Gasteiger charge is -2.18. The molecule has 0 fully saturated rings. The van der Waals surface area contributed by atoms with Crippen LogP contribution in [-0.4, -0.2) is 15.9 Å². The first-order valence-corrected chi connectivity index (χ1v) is 11.6. The summed E-state index contributed by atoms with van der Waals surface area (Å²) in [6.45, 7) is 3.91. The van der Waals surface area contributed by atoms with Gasteiger partial charge in [0.15, 0.2) is 0 Å². The predicted molar refractivity (Wildman–Crippen MR) is 124 cm³/mol. The molecule has 0 saturated carbocycles. The predicted octanol–water partition coefficient (Wildman–Crippen LogP) is 5.15. The maximum Gasteiger partial charge on any atom is 0.259 e. The van der Waals surface area contributed by atoms with E-state index in [1.165, 1.54) is 11.3 Å². The van der Waals surface area contributed by atoms with Crippen LogP contribution in [0.1, 0.15) is 39.9 Å². The van der Waals surface area contributed by atoms with Gasteiger partial charge in [0, 0.05) is 22.7 Å². The van der Waals surface area contributed by atoms with Gasteiger partial charge in [-0.25, -0.2) is 4.98 Å². The smallest absolute Gasteiger partial charge is 0.259 e. The molecule has 30 heavy (non-hydrogen) atoms. The molecule has 1 atom stereocenters. The third kappa shape index (κ3) is 4.33. The molecule has 0 radical (unpaired) electrons. The average Bonchev–Trinajstić information content (AvgIpc) is 3.34. The molecule has 1 aromatic carbocycles. The van der Waals surface area contributed by atoms with Gasteiger partial charge in [-0.05, 0) is 59.5 Å². The number of rotatable bonds is 6. The van der Waals surface area contributed by atoms with Crippen molar-refractivity contribution in [2.75, 3.05) is 0 Å². The van der Waals surface area contributed by atoms with Gasteiger partial charge < -0.3 is 10.3 Å². The second kappa shape index (κ2) is 8.71. The first-order valence-electron chi connectivity index (χ1n) is 9.48. The van der Waals surface area contributed by atoms with E-state index in [2.05, 4.69) is 15.3 Å². The highest BCUT2D eigenvalue weighted by molar-refractivity contribution is 7.18. The molecule has 0 spiro atoms. The molecule has 1 unspecified atom stereocenters. The first-order chi connectivity index (χ1) is 14.4. The summed E-state index contributed by atoms with van der Waals surface area (Å²) in [7, 11) is 0. The number of fused-ring (bicyclic) bond motifs is 1. The van der Waals surface area contributed by atoms with Crippen LogP contribution in [-0.2, 0) is 11.2 Å². The minimum Gasteiger partial charge on any atom is -0.345 e. The van der Waals surface area contributed by atoms with Gasteiger partial charge in [0.05, 0.1) is 11.4 Å². The van der Waals surface area contributed by atoms with Crippen LogP contribution in [0, 0.1) is 13.8 Å². The SMILES string of the molecule is Cc1sc2nc(CCC(=O)NC(c3ccc(Cl)cc3)c3ccsc3)[nH]c(=O)c2c1C. The molecule has 3 aromatic heterocycles. The Morgan fingerprint density at radius 3 is 2.67 bits per heavy atom. The second-order valence-electron chi connectivity index (χ2n) is 7.08. The molecule has 0 aliphatic heterocycles. The molecule has 3 heterocycles. The van der Waals surface area contributed by atoms with Crippen LogP contribution in [0.2, 0.25) is 5.02 Å². The Bertz CT molecular complexity index is 1240. The van der Waals surface area contributed by atoms with E-state index in [1.807, 2.05) is 54.9 Å². The second-order valence-corrected chi connectivity index (χ2v) is 9.50. The number of carbonyl (C=O) groups excluding carboxylic acids is 1. The summed E-state index contributed by atoms with van der Waals surface area (Å²) in [6.07, 6.45) is 0.593. The van der Waals surface area contributed by atoms with Gasteiger partial charge in [-0.1, -0.05) is 23.7 Å². The number of benzene rings is 1. The van der Waals surface area contributed by atoms with Crippen molar-refractivity contribution in [1.82, 2.24) is 15.3 Å². The zero-order valence-electron chi connectivity index (χ0n) is 16.5. The number of H-pyrrole nitrogens is 1. The summed E-state index contributed by atoms with van der Waals surface area (Å²) in [4.78, 5) is 34.3. The highest BCUT2D eigenvalue weighted by Crippen LogP contribution is 2.27. The Balaban J connectivity index is 1.50. The summed E-state index contributed by atoms with van der Waals surface area (Å²) in [5.74, 6) is 0.421. The fraction of sp³-hybridized carbons (Fsp3) is 0.227. The lowest BCUT2D eigenvalue weighted by atomic mass is 10.0. The number of carbonyl (C=O) groups is 1. The number of hydrogen-bond acceptors (Lipinski definition) is 5. The molecular formula is C22H20ClN3O2S2. The molecular weight excluding hydrogens is 438 g/mol. The number of aromatic amines is 1. The van der Waals surface area contributed by atoms with Gasteiger partial charge in [0.1, 0.15) is 10.7 Å². The van der Waals surface area contributed by atoms with Gasteiger partial charge in [0.2, 0.25) is 5.91 Å². The van der Waals surface area contributed by atoms with Crippen LogP contribution >= 0.6 is 34.3 Å². The number of aryl methyl sites for hydroxylation is 3. The van der Waals surface area contributed by atoms with Crippen LogP contribution in [0.3, 0.4) is 0 Å². The van der Waals surface area contributed by atoms with Crippen molar-refractivity contribution < 1.29 is 4.79 Å². The lowest BCUT2D eigenvalue weighted by molar-refractivity contribution is -0.121. The van der Waals surface area contributed by atoms with E-state index in [0.717, 1.165) is 26.4 Å². The van der Waals surface area contributed by atoms with Crippen LogP contribution < -0.4 is 10.9 Å². The molecule has 154 valence electrons. The fourth-order valence-corrected chi connectivity index (χ4v) is 5.20. The summed E-state index contributed by atoms with van der Waals surface area (Å²) in [6, 6.07) is 9.21. The molecule has 8 heteroatoms. The summed E-state index contributed by atoms with van der Waals surface area (Å²) < 4.78 is 0. The quantitative estimate of drug-likeness (QED) is 0.420. The molecule has 0 bridgehead atoms. The van der Waals surface area contributed by atoms with Gasteiger partial charge in [-0.3, -0.25) is 9.59 Å². The Hall–Kier alpha value is -2.48. The van der Waals surface area contributed by atoms with Crippen molar-refractivity contribution in [3.63, 3.8) is 0 Å². The third-order valence-electron chi connectivity index (χ3n) is 5.06. The standard InChI is InChI=1S/C22H20ClN3O2S2/c1-12-13(2)30-22-19(12)21(28)24-17(25-22)7-8-18(27)26-20(15-9-10-29-11-15)14-3-5-16(23)6-4-14/h3-6,9-11,20H,7-8H2,1-2H3,(H,26,27)(H,24,25,28). The van der Waals surface area contributed by atoms with Crippen molar-refractivity contribution >= 4 is 50.4 Å². The molecule has 0 aliphatic rings. The number of nitrogens with one attached hydrogen (secondary N) is 2. The lowest BCUT2D eigenvalue weighted by Crippen LogP contribution is -2.29. The maximum atomic E-state index is 12.7. The molecule has 4 aromatic rings. The number of amides is 1. The Labute approximate surface area is 186 Å². The normalized spacial score (nSPS) is 12.2. The summed E-state index contributed by atoms with van der Waals surface area (Å²) >= 11 is 9.10. The van der Waals surface area contributed by atoms with Crippen molar-refractivity contribution in [2.24, 2.45) is 0 Å². The van der Waals surface area contributed by atoms with E-state index in [9.17, 15) is 9.59 Å². The van der Waals surface area contributed by atoms with Crippen LogP contribution in [0.25, 0.3) is 10.2 Å². The monoisotopic (exact) mass is 457 g/mol. The van der Waals surface area contributed by atoms with E-state index in [-0.39, 0.29) is 23.9 Å². The molecule has 0 saturated heterocycles. The molecule has 1 amide bonds. The fourth-order valence-electron chi connectivity index (χ4n) is 3.34. The Kier molecular flexibility index (Phi) is 6.04. The van der Waals surface area contributed by atoms with Crippen molar-refractivity contribution in [3.05, 3.63) is 83.9 Å². The van der Waals surface area contributed by atoms with Crippen LogP contribution in [0.5, 0.6) is 0 Å². The average molecular weight is 458 g/mol. The number of aromatic nitrogens is 2. The van der Waals surface area contributed by atoms with E-state index in [1.54, 1.807) is 11.3 Å². The van der Waals surface area contributed by atoms with Gasteiger partial charge in [-0.15, -0.1) is 11.3 Å². The van der Waals surface area contributed by atoms with Crippen LogP contribution in [0.4, 0.5) is 0 Å². The molecule has 0 aliphatic carbocycles. The number of nitrogens with zero attached hydrogens (tertiary/aromatic N) is 1. The highest BCUT2D eigenvalue weighted by atomic mass is 35.5.